The minimum Gasteiger partial charge on any atom is -0.326 e. The molecule has 0 saturated heterocycles. The Morgan fingerprint density at radius 2 is 1.96 bits per heavy atom. The Hall–Kier alpha value is -3.34. The molecule has 0 spiro atoms. The first-order chi connectivity index (χ1) is 13.3. The molecule has 0 fully saturated rings. The first-order valence-electron chi connectivity index (χ1n) is 7.80. The van der Waals surface area contributed by atoms with Gasteiger partial charge < -0.3 is 5.32 Å². The number of benzene rings is 1. The van der Waals surface area contributed by atoms with E-state index in [9.17, 15) is 22.8 Å². The van der Waals surface area contributed by atoms with Crippen molar-refractivity contribution in [3.05, 3.63) is 65.2 Å². The summed E-state index contributed by atoms with van der Waals surface area (Å²) in [5, 5.41) is 6.76. The Kier molecular flexibility index (Phi) is 5.64. The molecule has 0 aliphatic heterocycles. The van der Waals surface area contributed by atoms with E-state index in [0.29, 0.717) is 5.69 Å². The molecule has 0 saturated carbocycles. The van der Waals surface area contributed by atoms with Crippen molar-refractivity contribution in [1.82, 2.24) is 15.0 Å². The lowest BCUT2D eigenvalue weighted by Crippen LogP contribution is -2.16. The molecule has 3 aromatic rings. The number of anilines is 2. The highest BCUT2D eigenvalue weighted by Crippen LogP contribution is 2.30. The average Bonchev–Trinajstić information content (AvgIpc) is 3.08. The molecule has 0 aliphatic rings. The fourth-order valence-electron chi connectivity index (χ4n) is 2.17. The predicted molar refractivity (Wildman–Crippen MR) is 95.9 cm³/mol. The monoisotopic (exact) mass is 407 g/mol. The molecule has 1 aromatic carbocycles. The number of halogens is 3. The lowest BCUT2D eigenvalue weighted by molar-refractivity contribution is -0.137. The van der Waals surface area contributed by atoms with Crippen LogP contribution in [-0.2, 0) is 17.4 Å². The Bertz CT molecular complexity index is 992. The second-order valence-electron chi connectivity index (χ2n) is 5.49. The van der Waals surface area contributed by atoms with Crippen LogP contribution in [0.1, 0.15) is 21.7 Å². The number of thiazole rings is 1. The maximum Gasteiger partial charge on any atom is 0.416 e. The third-order valence-corrected chi connectivity index (χ3v) is 4.19. The third kappa shape index (κ3) is 5.10. The molecule has 0 bridgehead atoms. The Labute approximate surface area is 160 Å². The minimum atomic E-state index is -4.49. The minimum absolute atomic E-state index is 0.0335. The molecule has 2 N–H and O–H groups in total. The summed E-state index contributed by atoms with van der Waals surface area (Å²) in [4.78, 5) is 35.8. The van der Waals surface area contributed by atoms with Crippen molar-refractivity contribution < 1.29 is 22.8 Å². The van der Waals surface area contributed by atoms with Crippen LogP contribution in [0.3, 0.4) is 0 Å². The van der Waals surface area contributed by atoms with Gasteiger partial charge in [-0.2, -0.15) is 13.2 Å². The van der Waals surface area contributed by atoms with Gasteiger partial charge in [0.05, 0.1) is 23.9 Å². The zero-order chi connectivity index (χ0) is 20.1. The van der Waals surface area contributed by atoms with Crippen molar-refractivity contribution in [2.75, 3.05) is 10.6 Å². The summed E-state index contributed by atoms with van der Waals surface area (Å²) in [7, 11) is 0. The van der Waals surface area contributed by atoms with Crippen LogP contribution in [-0.4, -0.2) is 26.8 Å². The molecule has 28 heavy (non-hydrogen) atoms. The lowest BCUT2D eigenvalue weighted by atomic mass is 10.2. The number of amides is 2. The summed E-state index contributed by atoms with van der Waals surface area (Å²) in [6.07, 6.45) is -0.548. The van der Waals surface area contributed by atoms with Crippen LogP contribution in [0.2, 0.25) is 0 Å². The van der Waals surface area contributed by atoms with Crippen molar-refractivity contribution in [3.8, 4) is 0 Å². The van der Waals surface area contributed by atoms with Gasteiger partial charge in [0, 0.05) is 23.5 Å². The van der Waals surface area contributed by atoms with Crippen molar-refractivity contribution in [1.29, 1.82) is 0 Å². The number of aromatic nitrogens is 3. The van der Waals surface area contributed by atoms with Gasteiger partial charge in [-0.25, -0.2) is 9.97 Å². The van der Waals surface area contributed by atoms with Crippen LogP contribution in [0, 0.1) is 0 Å². The van der Waals surface area contributed by atoms with E-state index in [1.165, 1.54) is 30.7 Å². The van der Waals surface area contributed by atoms with Gasteiger partial charge in [-0.15, -0.1) is 11.3 Å². The predicted octanol–water partition coefficient (Wildman–Crippen LogP) is 3.39. The quantitative estimate of drug-likeness (QED) is 0.676. The highest BCUT2D eigenvalue weighted by Gasteiger charge is 2.30. The molecule has 0 radical (unpaired) electrons. The Balaban J connectivity index is 1.59. The Morgan fingerprint density at radius 3 is 2.68 bits per heavy atom. The van der Waals surface area contributed by atoms with E-state index in [1.54, 1.807) is 5.38 Å². The molecule has 2 heterocycles. The van der Waals surface area contributed by atoms with Crippen LogP contribution >= 0.6 is 11.3 Å². The topological polar surface area (TPSA) is 96.9 Å². The number of nitrogens with zero attached hydrogens (tertiary/aromatic N) is 3. The summed E-state index contributed by atoms with van der Waals surface area (Å²) >= 11 is 1.11. The highest BCUT2D eigenvalue weighted by molar-refractivity contribution is 7.14. The van der Waals surface area contributed by atoms with Gasteiger partial charge in [-0.1, -0.05) is 6.07 Å². The number of hydrogen-bond acceptors (Lipinski definition) is 6. The van der Waals surface area contributed by atoms with E-state index in [4.69, 9.17) is 0 Å². The van der Waals surface area contributed by atoms with Gasteiger partial charge in [0.15, 0.2) is 5.13 Å². The molecule has 2 aromatic heterocycles. The number of carbonyl (C=O) groups excluding carboxylic acids is 2. The summed E-state index contributed by atoms with van der Waals surface area (Å²) in [5.41, 5.74) is -0.343. The summed E-state index contributed by atoms with van der Waals surface area (Å²) in [5.74, 6) is -1.03. The molecule has 3 rings (SSSR count). The van der Waals surface area contributed by atoms with E-state index < -0.39 is 23.6 Å². The number of alkyl halides is 3. The van der Waals surface area contributed by atoms with Crippen molar-refractivity contribution in [3.63, 3.8) is 0 Å². The second-order valence-corrected chi connectivity index (χ2v) is 6.35. The van der Waals surface area contributed by atoms with E-state index in [1.807, 2.05) is 0 Å². The second kappa shape index (κ2) is 8.13. The van der Waals surface area contributed by atoms with Crippen molar-refractivity contribution in [2.24, 2.45) is 0 Å². The smallest absolute Gasteiger partial charge is 0.326 e. The van der Waals surface area contributed by atoms with Gasteiger partial charge in [-0.3, -0.25) is 19.9 Å². The van der Waals surface area contributed by atoms with Crippen LogP contribution in [0.25, 0.3) is 0 Å². The van der Waals surface area contributed by atoms with Crippen molar-refractivity contribution >= 4 is 34.0 Å². The molecular formula is C17H12F3N5O2S. The summed E-state index contributed by atoms with van der Waals surface area (Å²) in [6.45, 7) is 0. The largest absolute Gasteiger partial charge is 0.416 e. The molecular weight excluding hydrogens is 395 g/mol. The maximum absolute atomic E-state index is 12.7. The highest BCUT2D eigenvalue weighted by atomic mass is 32.1. The molecule has 0 atom stereocenters. The zero-order valence-electron chi connectivity index (χ0n) is 14.0. The van der Waals surface area contributed by atoms with Crippen LogP contribution in [0.5, 0.6) is 0 Å². The molecule has 144 valence electrons. The van der Waals surface area contributed by atoms with Gasteiger partial charge >= 0.3 is 6.18 Å². The first-order valence-corrected chi connectivity index (χ1v) is 8.68. The molecule has 0 unspecified atom stereocenters. The van der Waals surface area contributed by atoms with Gasteiger partial charge in [-0.05, 0) is 18.2 Å². The van der Waals surface area contributed by atoms with E-state index in [2.05, 4.69) is 25.6 Å². The molecule has 0 aliphatic carbocycles. The number of hydrogen-bond donors (Lipinski definition) is 2. The lowest BCUT2D eigenvalue weighted by Gasteiger charge is -2.09. The van der Waals surface area contributed by atoms with E-state index >= 15 is 0 Å². The van der Waals surface area contributed by atoms with Crippen LogP contribution in [0.15, 0.2) is 48.2 Å². The summed E-state index contributed by atoms with van der Waals surface area (Å²) in [6, 6.07) is 4.34. The maximum atomic E-state index is 12.7. The van der Waals surface area contributed by atoms with Gasteiger partial charge in [0.1, 0.15) is 5.69 Å². The fourth-order valence-corrected chi connectivity index (χ4v) is 2.87. The molecule has 2 amide bonds. The van der Waals surface area contributed by atoms with Crippen molar-refractivity contribution in [2.45, 2.75) is 12.6 Å². The summed E-state index contributed by atoms with van der Waals surface area (Å²) < 4.78 is 38.2. The van der Waals surface area contributed by atoms with Gasteiger partial charge in [0.25, 0.3) is 5.91 Å². The fraction of sp³-hybridized carbons (Fsp3) is 0.118. The standard InChI is InChI=1S/C17H12F3N5O2S/c18-17(19,20)10-2-1-3-11(6-10)23-14(26)7-12-9-28-16(24-12)25-15(27)13-8-21-4-5-22-13/h1-6,8-9H,7H2,(H,23,26)(H,24,25,27). The average molecular weight is 407 g/mol. The van der Waals surface area contributed by atoms with E-state index in [-0.39, 0.29) is 22.9 Å². The zero-order valence-corrected chi connectivity index (χ0v) is 14.8. The normalized spacial score (nSPS) is 11.1. The number of carbonyl (C=O) groups is 2. The molecule has 11 heteroatoms. The van der Waals surface area contributed by atoms with Crippen LogP contribution < -0.4 is 10.6 Å². The first kappa shape index (κ1) is 19.4. The Morgan fingerprint density at radius 1 is 1.14 bits per heavy atom. The van der Waals surface area contributed by atoms with E-state index in [0.717, 1.165) is 23.5 Å². The SMILES string of the molecule is O=C(Cc1csc(NC(=O)c2cnccn2)n1)Nc1cccc(C(F)(F)F)c1. The molecule has 7 nitrogen and oxygen atoms in total. The number of rotatable bonds is 5. The van der Waals surface area contributed by atoms with Gasteiger partial charge in [0.2, 0.25) is 5.91 Å². The number of nitrogens with one attached hydrogen (secondary N) is 2. The van der Waals surface area contributed by atoms with Crippen LogP contribution in [0.4, 0.5) is 24.0 Å². The third-order valence-electron chi connectivity index (χ3n) is 3.38.